The van der Waals surface area contributed by atoms with Crippen molar-refractivity contribution < 1.29 is 9.59 Å². The molecular formula is C33H44N6O2. The van der Waals surface area contributed by atoms with Gasteiger partial charge in [-0.05, 0) is 75.9 Å². The molecule has 0 aliphatic carbocycles. The normalized spacial score (nSPS) is 18.2. The summed E-state index contributed by atoms with van der Waals surface area (Å²) in [4.78, 5) is 37.1. The van der Waals surface area contributed by atoms with Crippen molar-refractivity contribution in [3.63, 3.8) is 0 Å². The van der Waals surface area contributed by atoms with Crippen LogP contribution >= 0.6 is 0 Å². The molecule has 2 aromatic heterocycles. The van der Waals surface area contributed by atoms with E-state index in [0.717, 1.165) is 74.9 Å². The van der Waals surface area contributed by atoms with Crippen LogP contribution in [0.25, 0.3) is 5.82 Å². The van der Waals surface area contributed by atoms with Crippen LogP contribution in [0.3, 0.4) is 0 Å². The molecule has 0 spiro atoms. The number of hydrogen-bond acceptors (Lipinski definition) is 5. The first-order valence-electron chi connectivity index (χ1n) is 15.3. The summed E-state index contributed by atoms with van der Waals surface area (Å²) in [7, 11) is 0. The van der Waals surface area contributed by atoms with Crippen molar-refractivity contribution in [2.45, 2.75) is 84.7 Å². The van der Waals surface area contributed by atoms with Crippen molar-refractivity contribution in [1.82, 2.24) is 24.6 Å². The van der Waals surface area contributed by atoms with Gasteiger partial charge in [0.05, 0.1) is 11.3 Å². The van der Waals surface area contributed by atoms with Gasteiger partial charge in [-0.15, -0.1) is 0 Å². The van der Waals surface area contributed by atoms with E-state index in [0.29, 0.717) is 11.6 Å². The fraction of sp³-hybridized carbons (Fsp3) is 0.515. The highest BCUT2D eigenvalue weighted by molar-refractivity contribution is 5.94. The summed E-state index contributed by atoms with van der Waals surface area (Å²) in [6, 6.07) is 14.6. The number of carbonyl (C=O) groups excluding carboxylic acids is 2. The van der Waals surface area contributed by atoms with Crippen molar-refractivity contribution in [2.75, 3.05) is 31.1 Å². The molecule has 0 atom stereocenters. The lowest BCUT2D eigenvalue weighted by atomic mass is 10.00. The van der Waals surface area contributed by atoms with Crippen molar-refractivity contribution in [3.05, 3.63) is 71.2 Å². The Labute approximate surface area is 244 Å². The molecule has 1 saturated heterocycles. The van der Waals surface area contributed by atoms with Crippen LogP contribution in [0.1, 0.15) is 85.6 Å². The van der Waals surface area contributed by atoms with Gasteiger partial charge in [-0.1, -0.05) is 43.9 Å². The van der Waals surface area contributed by atoms with Gasteiger partial charge in [0.15, 0.2) is 5.82 Å². The Balaban J connectivity index is 1.26. The molecule has 2 aliphatic heterocycles. The van der Waals surface area contributed by atoms with Gasteiger partial charge in [0, 0.05) is 56.7 Å². The number of aryl methyl sites for hydroxylation is 2. The van der Waals surface area contributed by atoms with Gasteiger partial charge in [-0.25, -0.2) is 9.67 Å². The van der Waals surface area contributed by atoms with Gasteiger partial charge in [0.25, 0.3) is 5.91 Å². The molecule has 0 radical (unpaired) electrons. The maximum absolute atomic E-state index is 13.4. The second kappa shape index (κ2) is 13.4. The smallest absolute Gasteiger partial charge is 0.255 e. The number of piperidine rings is 1. The molecule has 5 rings (SSSR count). The lowest BCUT2D eigenvalue weighted by Gasteiger charge is -2.39. The Hall–Kier alpha value is -3.52. The number of nitrogens with zero attached hydrogens (tertiary/aromatic N) is 6. The van der Waals surface area contributed by atoms with Gasteiger partial charge in [-0.2, -0.15) is 5.10 Å². The van der Waals surface area contributed by atoms with E-state index >= 15 is 0 Å². The number of pyridine rings is 1. The van der Waals surface area contributed by atoms with Crippen LogP contribution in [0.4, 0.5) is 5.69 Å². The predicted octanol–water partition coefficient (Wildman–Crippen LogP) is 5.70. The highest BCUT2D eigenvalue weighted by Crippen LogP contribution is 2.27. The predicted molar refractivity (Wildman–Crippen MR) is 162 cm³/mol. The van der Waals surface area contributed by atoms with Gasteiger partial charge in [0.2, 0.25) is 5.91 Å². The second-order valence-corrected chi connectivity index (χ2v) is 11.7. The van der Waals surface area contributed by atoms with Gasteiger partial charge in [0.1, 0.15) is 0 Å². The zero-order chi connectivity index (χ0) is 28.8. The van der Waals surface area contributed by atoms with Crippen LogP contribution in [0, 0.1) is 13.8 Å². The number of benzene rings is 1. The largest absolute Gasteiger partial charge is 0.338 e. The summed E-state index contributed by atoms with van der Waals surface area (Å²) in [6.07, 6.45) is 10.7. The molecule has 2 aliphatic rings. The molecule has 0 saturated carbocycles. The molecule has 8 heteroatoms. The third kappa shape index (κ3) is 7.04. The van der Waals surface area contributed by atoms with Crippen LogP contribution in [-0.2, 0) is 11.3 Å². The number of anilines is 1. The lowest BCUT2D eigenvalue weighted by Crippen LogP contribution is -2.47. The summed E-state index contributed by atoms with van der Waals surface area (Å²) in [5.41, 5.74) is 4.85. The van der Waals surface area contributed by atoms with E-state index in [4.69, 9.17) is 0 Å². The van der Waals surface area contributed by atoms with Crippen molar-refractivity contribution in [1.29, 1.82) is 0 Å². The van der Waals surface area contributed by atoms with Crippen LogP contribution in [0.2, 0.25) is 0 Å². The number of aromatic nitrogens is 3. The topological polar surface area (TPSA) is 74.6 Å². The number of hydrogen-bond donors (Lipinski definition) is 0. The van der Waals surface area contributed by atoms with E-state index < -0.39 is 0 Å². The summed E-state index contributed by atoms with van der Waals surface area (Å²) in [6.45, 7) is 9.78. The Bertz CT molecular complexity index is 1330. The minimum absolute atomic E-state index is 0.0447. The maximum atomic E-state index is 13.4. The Kier molecular flexibility index (Phi) is 9.49. The van der Waals surface area contributed by atoms with Crippen molar-refractivity contribution >= 4 is 17.5 Å². The van der Waals surface area contributed by atoms with Crippen LogP contribution in [0.5, 0.6) is 0 Å². The van der Waals surface area contributed by atoms with E-state index in [9.17, 15) is 9.59 Å². The molecule has 0 unspecified atom stereocenters. The van der Waals surface area contributed by atoms with Crippen LogP contribution in [-0.4, -0.2) is 68.6 Å². The number of rotatable bonds is 3. The van der Waals surface area contributed by atoms with Crippen molar-refractivity contribution in [2.24, 2.45) is 0 Å². The standard InChI is InChI=1S/C33H44N6O2/c1-25-22-26(2)39(35-25)32-15-14-28(23-34-32)33(41)36-20-16-30(17-21-36)37-18-10-6-4-5-7-11-19-38(27(3)40)31-13-9-8-12-29(31)24-37/h8-9,12-15,22-23,30H,4-7,10-11,16-21,24H2,1-3H3. The molecule has 0 N–H and O–H groups in total. The van der Waals surface area contributed by atoms with E-state index in [1.807, 2.05) is 52.6 Å². The quantitative estimate of drug-likeness (QED) is 0.414. The monoisotopic (exact) mass is 556 g/mol. The van der Waals surface area contributed by atoms with E-state index in [2.05, 4.69) is 33.2 Å². The molecular weight excluding hydrogens is 512 g/mol. The molecule has 41 heavy (non-hydrogen) atoms. The minimum atomic E-state index is 0.0447. The summed E-state index contributed by atoms with van der Waals surface area (Å²) < 4.78 is 1.81. The highest BCUT2D eigenvalue weighted by Gasteiger charge is 2.28. The van der Waals surface area contributed by atoms with E-state index in [-0.39, 0.29) is 11.8 Å². The average Bonchev–Trinajstić information content (AvgIpc) is 3.33. The number of likely N-dealkylation sites (tertiary alicyclic amines) is 1. The van der Waals surface area contributed by atoms with E-state index in [1.165, 1.54) is 37.7 Å². The first-order chi connectivity index (χ1) is 19.9. The molecule has 218 valence electrons. The summed E-state index contributed by atoms with van der Waals surface area (Å²) >= 11 is 0. The third-order valence-corrected chi connectivity index (χ3v) is 8.60. The summed E-state index contributed by atoms with van der Waals surface area (Å²) in [5.74, 6) is 0.881. The minimum Gasteiger partial charge on any atom is -0.338 e. The fourth-order valence-electron chi connectivity index (χ4n) is 6.37. The summed E-state index contributed by atoms with van der Waals surface area (Å²) in [5, 5.41) is 4.50. The Morgan fingerprint density at radius 1 is 0.854 bits per heavy atom. The highest BCUT2D eigenvalue weighted by atomic mass is 16.2. The molecule has 1 fully saturated rings. The number of fused-ring (bicyclic) bond motifs is 1. The fourth-order valence-corrected chi connectivity index (χ4v) is 6.37. The average molecular weight is 557 g/mol. The van der Waals surface area contributed by atoms with Gasteiger partial charge < -0.3 is 9.80 Å². The van der Waals surface area contributed by atoms with Crippen molar-refractivity contribution in [3.8, 4) is 5.82 Å². The number of carbonyl (C=O) groups is 2. The first kappa shape index (κ1) is 29.0. The third-order valence-electron chi connectivity index (χ3n) is 8.60. The lowest BCUT2D eigenvalue weighted by molar-refractivity contribution is -0.116. The van der Waals surface area contributed by atoms with Gasteiger partial charge >= 0.3 is 0 Å². The molecule has 0 bridgehead atoms. The zero-order valence-electron chi connectivity index (χ0n) is 24.9. The zero-order valence-corrected chi connectivity index (χ0v) is 24.9. The SMILES string of the molecule is CC(=O)N1CCCCCCCCN(C2CCN(C(=O)c3ccc(-n4nc(C)cc4C)nc3)CC2)Cc2ccccc21. The molecule has 1 aromatic carbocycles. The van der Waals surface area contributed by atoms with Crippen LogP contribution in [0.15, 0.2) is 48.7 Å². The number of para-hydroxylation sites is 1. The van der Waals surface area contributed by atoms with Gasteiger partial charge in [-0.3, -0.25) is 14.5 Å². The second-order valence-electron chi connectivity index (χ2n) is 11.7. The van der Waals surface area contributed by atoms with Crippen LogP contribution < -0.4 is 4.90 Å². The molecule has 8 nitrogen and oxygen atoms in total. The maximum Gasteiger partial charge on any atom is 0.255 e. The van der Waals surface area contributed by atoms with E-state index in [1.54, 1.807) is 13.1 Å². The Morgan fingerprint density at radius 2 is 1.56 bits per heavy atom. The Morgan fingerprint density at radius 3 is 2.22 bits per heavy atom. The number of amides is 2. The first-order valence-corrected chi connectivity index (χ1v) is 15.3. The molecule has 4 heterocycles. The molecule has 2 amide bonds. The molecule has 3 aromatic rings.